The summed E-state index contributed by atoms with van der Waals surface area (Å²) in [6.07, 6.45) is 0. The van der Waals surface area contributed by atoms with Crippen LogP contribution >= 0.6 is 0 Å². The van der Waals surface area contributed by atoms with Crippen LogP contribution in [0.2, 0.25) is 0 Å². The Balaban J connectivity index is 1.95. The molecule has 0 amide bonds. The van der Waals surface area contributed by atoms with Gasteiger partial charge in [0, 0.05) is 0 Å². The van der Waals surface area contributed by atoms with E-state index in [2.05, 4.69) is 0 Å². The third-order valence-corrected chi connectivity index (χ3v) is 7.35. The van der Waals surface area contributed by atoms with Crippen molar-refractivity contribution in [1.82, 2.24) is 0 Å². The first kappa shape index (κ1) is 24.7. The minimum atomic E-state index is -4.18. The molecule has 0 aliphatic rings. The third-order valence-electron chi connectivity index (χ3n) is 6.03. The predicted octanol–water partition coefficient (Wildman–Crippen LogP) is 6.71. The fourth-order valence-corrected chi connectivity index (χ4v) is 5.27. The van der Waals surface area contributed by atoms with Crippen LogP contribution in [0.5, 0.6) is 5.75 Å². The Morgan fingerprint density at radius 1 is 0.600 bits per heavy atom. The molecule has 0 heterocycles. The van der Waals surface area contributed by atoms with Crippen molar-refractivity contribution in [3.63, 3.8) is 0 Å². The number of rotatable bonds is 8. The second-order valence-electron chi connectivity index (χ2n) is 8.72. The van der Waals surface area contributed by atoms with Crippen molar-refractivity contribution in [3.8, 4) is 5.75 Å². The van der Waals surface area contributed by atoms with Crippen LogP contribution in [0.4, 0.5) is 0 Å². The van der Waals surface area contributed by atoms with Crippen molar-refractivity contribution in [3.05, 3.63) is 130 Å². The van der Waals surface area contributed by atoms with Gasteiger partial charge in [-0.2, -0.15) is 8.42 Å². The summed E-state index contributed by atoms with van der Waals surface area (Å²) >= 11 is 0. The predicted molar refractivity (Wildman–Crippen MR) is 139 cm³/mol. The summed E-state index contributed by atoms with van der Waals surface area (Å²) in [4.78, 5) is 0.0664. The van der Waals surface area contributed by atoms with Crippen LogP contribution in [0.1, 0.15) is 40.3 Å². The highest BCUT2D eigenvalue weighted by Gasteiger charge is 2.42. The van der Waals surface area contributed by atoms with Crippen LogP contribution in [0, 0.1) is 20.8 Å². The van der Waals surface area contributed by atoms with Crippen LogP contribution in [-0.2, 0) is 19.9 Å². The molecular formula is C30H30O4S. The molecule has 0 aromatic heterocycles. The molecule has 0 atom stereocenters. The van der Waals surface area contributed by atoms with Gasteiger partial charge in [0.15, 0.2) is 5.60 Å². The Hall–Kier alpha value is -3.41. The number of benzene rings is 4. The molecule has 0 saturated carbocycles. The Labute approximate surface area is 208 Å². The Bertz CT molecular complexity index is 1260. The van der Waals surface area contributed by atoms with E-state index in [4.69, 9.17) is 8.92 Å². The van der Waals surface area contributed by atoms with Crippen molar-refractivity contribution in [2.24, 2.45) is 0 Å². The molecule has 4 aromatic carbocycles. The zero-order valence-corrected chi connectivity index (χ0v) is 21.3. The Kier molecular flexibility index (Phi) is 7.10. The molecular weight excluding hydrogens is 456 g/mol. The largest absolute Gasteiger partial charge is 0.494 e. The van der Waals surface area contributed by atoms with Gasteiger partial charge in [0.05, 0.1) is 11.5 Å². The lowest BCUT2D eigenvalue weighted by atomic mass is 9.80. The summed E-state index contributed by atoms with van der Waals surface area (Å²) in [6.45, 7) is 8.38. The minimum Gasteiger partial charge on any atom is -0.494 e. The van der Waals surface area contributed by atoms with Crippen molar-refractivity contribution < 1.29 is 17.3 Å². The van der Waals surface area contributed by atoms with E-state index in [1.54, 1.807) is 12.1 Å². The molecule has 0 saturated heterocycles. The minimum absolute atomic E-state index is 0.0664. The lowest BCUT2D eigenvalue weighted by Gasteiger charge is -2.35. The standard InChI is InChI=1S/C30H30O4S/c1-5-33-28-18-20-29(21-19-28)35(31,32)34-30(25-12-6-22(2)7-13-25,26-14-8-23(3)9-15-26)27-16-10-24(4)11-17-27/h6-21H,5H2,1-4H3. The summed E-state index contributed by atoms with van der Waals surface area (Å²) in [7, 11) is -4.18. The van der Waals surface area contributed by atoms with E-state index >= 15 is 0 Å². The summed E-state index contributed by atoms with van der Waals surface area (Å²) in [6, 6.07) is 29.8. The quantitative estimate of drug-likeness (QED) is 0.205. The van der Waals surface area contributed by atoms with E-state index in [1.807, 2.05) is 100 Å². The SMILES string of the molecule is CCOc1ccc(S(=O)(=O)OC(c2ccc(C)cc2)(c2ccc(C)cc2)c2ccc(C)cc2)cc1. The summed E-state index contributed by atoms with van der Waals surface area (Å²) in [5, 5.41) is 0. The smallest absolute Gasteiger partial charge is 0.298 e. The molecule has 180 valence electrons. The maximum atomic E-state index is 13.8. The van der Waals surface area contributed by atoms with E-state index in [-0.39, 0.29) is 4.90 Å². The van der Waals surface area contributed by atoms with E-state index in [0.717, 1.165) is 33.4 Å². The third kappa shape index (κ3) is 5.16. The van der Waals surface area contributed by atoms with Crippen LogP contribution < -0.4 is 4.74 Å². The molecule has 0 N–H and O–H groups in total. The van der Waals surface area contributed by atoms with E-state index in [1.165, 1.54) is 12.1 Å². The van der Waals surface area contributed by atoms with Gasteiger partial charge in [-0.05, 0) is 68.7 Å². The molecule has 0 unspecified atom stereocenters. The lowest BCUT2D eigenvalue weighted by Crippen LogP contribution is -2.35. The Morgan fingerprint density at radius 3 is 1.31 bits per heavy atom. The van der Waals surface area contributed by atoms with Gasteiger partial charge < -0.3 is 4.74 Å². The van der Waals surface area contributed by atoms with Crippen LogP contribution in [0.3, 0.4) is 0 Å². The molecule has 5 heteroatoms. The van der Waals surface area contributed by atoms with Crippen LogP contribution in [-0.4, -0.2) is 15.0 Å². The summed E-state index contributed by atoms with van der Waals surface area (Å²) in [5.74, 6) is 0.605. The zero-order valence-electron chi connectivity index (χ0n) is 20.5. The molecule has 0 bridgehead atoms. The first-order valence-corrected chi connectivity index (χ1v) is 13.1. The number of ether oxygens (including phenoxy) is 1. The molecule has 0 fully saturated rings. The van der Waals surface area contributed by atoms with Gasteiger partial charge in [-0.15, -0.1) is 0 Å². The van der Waals surface area contributed by atoms with Gasteiger partial charge in [0.25, 0.3) is 10.1 Å². The van der Waals surface area contributed by atoms with Crippen molar-refractivity contribution in [1.29, 1.82) is 0 Å². The highest BCUT2D eigenvalue weighted by Crippen LogP contribution is 2.43. The molecule has 35 heavy (non-hydrogen) atoms. The first-order chi connectivity index (χ1) is 16.7. The second kappa shape index (κ2) is 10.1. The average molecular weight is 487 g/mol. The first-order valence-electron chi connectivity index (χ1n) is 11.6. The van der Waals surface area contributed by atoms with Gasteiger partial charge in [0.1, 0.15) is 5.75 Å². The number of hydrogen-bond acceptors (Lipinski definition) is 4. The van der Waals surface area contributed by atoms with Crippen molar-refractivity contribution in [2.45, 2.75) is 38.2 Å². The maximum Gasteiger partial charge on any atom is 0.298 e. The maximum absolute atomic E-state index is 13.8. The highest BCUT2D eigenvalue weighted by molar-refractivity contribution is 7.86. The average Bonchev–Trinajstić information content (AvgIpc) is 2.85. The summed E-state index contributed by atoms with van der Waals surface area (Å²) < 4.78 is 39.4. The monoisotopic (exact) mass is 486 g/mol. The molecule has 0 aliphatic heterocycles. The van der Waals surface area contributed by atoms with E-state index < -0.39 is 15.7 Å². The lowest BCUT2D eigenvalue weighted by molar-refractivity contribution is 0.164. The molecule has 4 rings (SSSR count). The van der Waals surface area contributed by atoms with E-state index in [9.17, 15) is 8.42 Å². The molecule has 0 radical (unpaired) electrons. The van der Waals surface area contributed by atoms with Crippen molar-refractivity contribution in [2.75, 3.05) is 6.61 Å². The van der Waals surface area contributed by atoms with Crippen molar-refractivity contribution >= 4 is 10.1 Å². The highest BCUT2D eigenvalue weighted by atomic mass is 32.2. The van der Waals surface area contributed by atoms with E-state index in [0.29, 0.717) is 12.4 Å². The number of hydrogen-bond donors (Lipinski definition) is 0. The zero-order chi connectivity index (χ0) is 25.1. The van der Waals surface area contributed by atoms with Gasteiger partial charge in [-0.1, -0.05) is 89.5 Å². The van der Waals surface area contributed by atoms with Crippen LogP contribution in [0.25, 0.3) is 0 Å². The van der Waals surface area contributed by atoms with Crippen LogP contribution in [0.15, 0.2) is 102 Å². The Morgan fingerprint density at radius 2 is 0.971 bits per heavy atom. The van der Waals surface area contributed by atoms with Gasteiger partial charge in [-0.25, -0.2) is 4.18 Å². The number of aryl methyl sites for hydroxylation is 3. The fraction of sp³-hybridized carbons (Fsp3) is 0.200. The molecule has 0 aliphatic carbocycles. The van der Waals surface area contributed by atoms with Gasteiger partial charge >= 0.3 is 0 Å². The fourth-order valence-electron chi connectivity index (χ4n) is 4.09. The second-order valence-corrected chi connectivity index (χ2v) is 10.3. The molecule has 4 nitrogen and oxygen atoms in total. The van der Waals surface area contributed by atoms with Gasteiger partial charge in [-0.3, -0.25) is 0 Å². The van der Waals surface area contributed by atoms with Gasteiger partial charge in [0.2, 0.25) is 0 Å². The normalized spacial score (nSPS) is 11.9. The topological polar surface area (TPSA) is 52.6 Å². The molecule has 4 aromatic rings. The molecule has 0 spiro atoms. The summed E-state index contributed by atoms with van der Waals surface area (Å²) in [5.41, 5.74) is 4.02.